The van der Waals surface area contributed by atoms with Crippen LogP contribution in [-0.4, -0.2) is 82.1 Å². The molecule has 0 saturated carbocycles. The molecule has 9 heteroatoms. The molecule has 204 valence electrons. The van der Waals surface area contributed by atoms with Crippen LogP contribution in [0, 0.1) is 13.8 Å². The number of aryl methyl sites for hydroxylation is 4. The topological polar surface area (TPSA) is 73.5 Å². The predicted molar refractivity (Wildman–Crippen MR) is 148 cm³/mol. The zero-order valence-electron chi connectivity index (χ0n) is 23.5. The highest BCUT2D eigenvalue weighted by Gasteiger charge is 2.25. The number of hydrogen-bond acceptors (Lipinski definition) is 7. The lowest BCUT2D eigenvalue weighted by molar-refractivity contribution is 0.0820. The lowest BCUT2D eigenvalue weighted by Gasteiger charge is -2.30. The minimum atomic E-state index is 0.778. The van der Waals surface area contributed by atoms with Crippen molar-refractivity contribution in [2.45, 2.75) is 66.5 Å². The second-order valence-electron chi connectivity index (χ2n) is 9.99. The fourth-order valence-corrected chi connectivity index (χ4v) is 5.32. The van der Waals surface area contributed by atoms with Gasteiger partial charge in [-0.15, -0.1) is 0 Å². The summed E-state index contributed by atoms with van der Waals surface area (Å²) in [7, 11) is 1.96. The third-order valence-electron chi connectivity index (χ3n) is 7.34. The highest BCUT2D eigenvalue weighted by Crippen LogP contribution is 2.32. The molecule has 0 fully saturated rings. The van der Waals surface area contributed by atoms with Gasteiger partial charge in [-0.2, -0.15) is 10.2 Å². The smallest absolute Gasteiger partial charge is 0.159 e. The van der Waals surface area contributed by atoms with Crippen molar-refractivity contribution in [3.05, 3.63) is 34.9 Å². The van der Waals surface area contributed by atoms with Crippen LogP contribution in [0.1, 0.15) is 55.8 Å². The van der Waals surface area contributed by atoms with Crippen molar-refractivity contribution in [2.75, 3.05) is 57.5 Å². The van der Waals surface area contributed by atoms with E-state index in [2.05, 4.69) is 53.3 Å². The molecule has 3 aromatic heterocycles. The number of nitrogens with zero attached hydrogens (tertiary/aromatic N) is 7. The van der Waals surface area contributed by atoms with E-state index in [4.69, 9.17) is 19.6 Å². The number of fused-ring (bicyclic) bond motifs is 2. The van der Waals surface area contributed by atoms with Crippen LogP contribution in [0.15, 0.2) is 12.3 Å². The SMILES string of the molecule is CCOCCN(CCCCCn1nc(C)c2c1CCN(c1cc(C)nc3c1cnn3C)C2)CCOCC. The van der Waals surface area contributed by atoms with Gasteiger partial charge >= 0.3 is 0 Å². The highest BCUT2D eigenvalue weighted by atomic mass is 16.5. The maximum atomic E-state index is 5.57. The summed E-state index contributed by atoms with van der Waals surface area (Å²) in [5.74, 6) is 0. The first-order chi connectivity index (χ1) is 18.0. The van der Waals surface area contributed by atoms with Gasteiger partial charge in [-0.3, -0.25) is 14.3 Å². The molecule has 0 amide bonds. The van der Waals surface area contributed by atoms with E-state index in [9.17, 15) is 0 Å². The van der Waals surface area contributed by atoms with Gasteiger partial charge in [-0.1, -0.05) is 6.42 Å². The van der Waals surface area contributed by atoms with Gasteiger partial charge in [0.25, 0.3) is 0 Å². The van der Waals surface area contributed by atoms with Crippen LogP contribution in [0.3, 0.4) is 0 Å². The first-order valence-electron chi connectivity index (χ1n) is 14.0. The quantitative estimate of drug-likeness (QED) is 0.287. The van der Waals surface area contributed by atoms with Gasteiger partial charge in [0.2, 0.25) is 0 Å². The number of unbranched alkanes of at least 4 members (excludes halogenated alkanes) is 2. The molecule has 1 aliphatic heterocycles. The highest BCUT2D eigenvalue weighted by molar-refractivity contribution is 5.89. The second kappa shape index (κ2) is 13.3. The molecule has 0 unspecified atom stereocenters. The van der Waals surface area contributed by atoms with E-state index >= 15 is 0 Å². The summed E-state index contributed by atoms with van der Waals surface area (Å²) in [5.41, 5.74) is 7.16. The van der Waals surface area contributed by atoms with Crippen molar-refractivity contribution in [2.24, 2.45) is 7.05 Å². The molecule has 37 heavy (non-hydrogen) atoms. The molecule has 4 heterocycles. The summed E-state index contributed by atoms with van der Waals surface area (Å²) in [4.78, 5) is 9.64. The lowest BCUT2D eigenvalue weighted by Crippen LogP contribution is -2.32. The van der Waals surface area contributed by atoms with Crippen molar-refractivity contribution in [1.82, 2.24) is 29.4 Å². The summed E-state index contributed by atoms with van der Waals surface area (Å²) >= 11 is 0. The Hall–Kier alpha value is -2.49. The lowest BCUT2D eigenvalue weighted by atomic mass is 10.0. The standard InChI is InChI=1S/C28H45N7O2/c1-6-36-17-15-33(16-18-37-7-2)12-9-8-10-13-35-26-11-14-34(21-25(26)23(4)31-35)27-19-22(3)30-28-24(27)20-29-32(28)5/h19-20H,6-18,21H2,1-5H3. The van der Waals surface area contributed by atoms with Crippen LogP contribution < -0.4 is 4.90 Å². The third-order valence-corrected chi connectivity index (χ3v) is 7.34. The molecule has 1 aliphatic rings. The molecule has 3 aromatic rings. The number of aromatic nitrogens is 5. The number of ether oxygens (including phenoxy) is 2. The summed E-state index contributed by atoms with van der Waals surface area (Å²) in [6, 6.07) is 2.20. The molecule has 0 bridgehead atoms. The van der Waals surface area contributed by atoms with Gasteiger partial charge in [-0.25, -0.2) is 4.98 Å². The molecule has 4 rings (SSSR count). The summed E-state index contributed by atoms with van der Waals surface area (Å²) in [6.07, 6.45) is 6.51. The Balaban J connectivity index is 1.31. The minimum absolute atomic E-state index is 0.778. The van der Waals surface area contributed by atoms with E-state index in [1.807, 2.05) is 17.9 Å². The van der Waals surface area contributed by atoms with E-state index in [1.54, 1.807) is 0 Å². The second-order valence-corrected chi connectivity index (χ2v) is 9.99. The van der Waals surface area contributed by atoms with Crippen molar-refractivity contribution >= 4 is 16.7 Å². The van der Waals surface area contributed by atoms with Gasteiger partial charge < -0.3 is 14.4 Å². The van der Waals surface area contributed by atoms with Gasteiger partial charge in [0.1, 0.15) is 0 Å². The first kappa shape index (κ1) is 27.5. The van der Waals surface area contributed by atoms with Crippen LogP contribution in [0.4, 0.5) is 5.69 Å². The predicted octanol–water partition coefficient (Wildman–Crippen LogP) is 3.89. The van der Waals surface area contributed by atoms with Crippen molar-refractivity contribution in [3.8, 4) is 0 Å². The van der Waals surface area contributed by atoms with Crippen molar-refractivity contribution in [1.29, 1.82) is 0 Å². The molecular weight excluding hydrogens is 466 g/mol. The van der Waals surface area contributed by atoms with E-state index < -0.39 is 0 Å². The molecule has 0 N–H and O–H groups in total. The van der Waals surface area contributed by atoms with Crippen LogP contribution in [-0.2, 0) is 36.0 Å². The van der Waals surface area contributed by atoms with E-state index in [0.717, 1.165) is 101 Å². The first-order valence-corrected chi connectivity index (χ1v) is 14.0. The molecule has 0 saturated heterocycles. The normalized spacial score (nSPS) is 13.7. The van der Waals surface area contributed by atoms with Crippen molar-refractivity contribution < 1.29 is 9.47 Å². The molecule has 0 atom stereocenters. The average molecular weight is 512 g/mol. The third kappa shape index (κ3) is 6.89. The van der Waals surface area contributed by atoms with Crippen LogP contribution in [0.5, 0.6) is 0 Å². The molecule has 0 spiro atoms. The van der Waals surface area contributed by atoms with Crippen LogP contribution >= 0.6 is 0 Å². The molecule has 0 aliphatic carbocycles. The Morgan fingerprint density at radius 2 is 1.76 bits per heavy atom. The van der Waals surface area contributed by atoms with Crippen molar-refractivity contribution in [3.63, 3.8) is 0 Å². The Labute approximate surface area is 221 Å². The van der Waals surface area contributed by atoms with Gasteiger partial charge in [0.15, 0.2) is 5.65 Å². The Bertz CT molecular complexity index is 1130. The fourth-order valence-electron chi connectivity index (χ4n) is 5.32. The maximum Gasteiger partial charge on any atom is 0.159 e. The largest absolute Gasteiger partial charge is 0.380 e. The molecule has 0 aromatic carbocycles. The van der Waals surface area contributed by atoms with Gasteiger partial charge in [-0.05, 0) is 53.1 Å². The number of rotatable bonds is 15. The maximum absolute atomic E-state index is 5.57. The number of pyridine rings is 1. The number of hydrogen-bond donors (Lipinski definition) is 0. The van der Waals surface area contributed by atoms with E-state index in [0.29, 0.717) is 0 Å². The fraction of sp³-hybridized carbons (Fsp3) is 0.679. The average Bonchev–Trinajstić information content (AvgIpc) is 3.42. The monoisotopic (exact) mass is 511 g/mol. The summed E-state index contributed by atoms with van der Waals surface area (Å²) in [5, 5.41) is 10.5. The Morgan fingerprint density at radius 3 is 2.49 bits per heavy atom. The van der Waals surface area contributed by atoms with Gasteiger partial charge in [0.05, 0.1) is 36.2 Å². The van der Waals surface area contributed by atoms with Crippen LogP contribution in [0.2, 0.25) is 0 Å². The Morgan fingerprint density at radius 1 is 1.00 bits per heavy atom. The zero-order chi connectivity index (χ0) is 26.2. The molecule has 9 nitrogen and oxygen atoms in total. The van der Waals surface area contributed by atoms with E-state index in [-0.39, 0.29) is 0 Å². The number of anilines is 1. The molecular formula is C28H45N7O2. The van der Waals surface area contributed by atoms with Crippen LogP contribution in [0.25, 0.3) is 11.0 Å². The van der Waals surface area contributed by atoms with Gasteiger partial charge in [0, 0.05) is 76.4 Å². The Kier molecular flexibility index (Phi) is 9.94. The molecule has 0 radical (unpaired) electrons. The van der Waals surface area contributed by atoms with E-state index in [1.165, 1.54) is 29.8 Å². The zero-order valence-corrected chi connectivity index (χ0v) is 23.5. The minimum Gasteiger partial charge on any atom is -0.380 e. The summed E-state index contributed by atoms with van der Waals surface area (Å²) in [6.45, 7) is 17.4. The summed E-state index contributed by atoms with van der Waals surface area (Å²) < 4.78 is 15.3.